The maximum atomic E-state index is 13.2. The van der Waals surface area contributed by atoms with Crippen LogP contribution in [0.15, 0.2) is 10.9 Å². The summed E-state index contributed by atoms with van der Waals surface area (Å²) < 4.78 is 1.60. The van der Waals surface area contributed by atoms with E-state index < -0.39 is 0 Å². The van der Waals surface area contributed by atoms with Gasteiger partial charge in [0.05, 0.1) is 23.0 Å². The van der Waals surface area contributed by atoms with E-state index in [1.54, 1.807) is 4.52 Å². The molecule has 28 heavy (non-hydrogen) atoms. The second-order valence-electron chi connectivity index (χ2n) is 8.63. The number of aromatic amines is 1. The first-order valence-corrected chi connectivity index (χ1v) is 10.8. The minimum Gasteiger partial charge on any atom is -0.334 e. The standard InChI is InChI=1S/C21H29N5O2/c1-2-20(27)25-9-4-3-5-18(25)17-11-19-22-16-8-10-24(12-14-6-7-14)13-15(16)21(28)26(19)23-17/h11,14,18,23H,2-10,12-13H2,1H3. The molecule has 150 valence electrons. The summed E-state index contributed by atoms with van der Waals surface area (Å²) >= 11 is 0. The van der Waals surface area contributed by atoms with Gasteiger partial charge in [-0.2, -0.15) is 0 Å². The molecular formula is C21H29N5O2. The van der Waals surface area contributed by atoms with Crippen LogP contribution in [0.2, 0.25) is 0 Å². The topological polar surface area (TPSA) is 73.7 Å². The first kappa shape index (κ1) is 17.9. The fourth-order valence-corrected chi connectivity index (χ4v) is 4.80. The molecule has 3 aliphatic rings. The first-order chi connectivity index (χ1) is 13.6. The van der Waals surface area contributed by atoms with Gasteiger partial charge in [-0.15, -0.1) is 0 Å². The SMILES string of the molecule is CCC(=O)N1CCCCC1c1cc2nc3c(c(=O)n2[nH]1)CN(CC1CC1)CC3. The van der Waals surface area contributed by atoms with Crippen LogP contribution >= 0.6 is 0 Å². The normalized spacial score (nSPS) is 23.2. The number of aromatic nitrogens is 3. The lowest BCUT2D eigenvalue weighted by molar-refractivity contribution is -0.134. The maximum absolute atomic E-state index is 13.2. The van der Waals surface area contributed by atoms with E-state index in [1.165, 1.54) is 12.8 Å². The molecule has 2 aromatic rings. The van der Waals surface area contributed by atoms with Crippen molar-refractivity contribution in [2.45, 2.75) is 64.5 Å². The largest absolute Gasteiger partial charge is 0.334 e. The second kappa shape index (κ2) is 7.03. The Balaban J connectivity index is 1.48. The number of carbonyl (C=O) groups is 1. The van der Waals surface area contributed by atoms with Crippen LogP contribution in [0.4, 0.5) is 0 Å². The number of amides is 1. The molecule has 5 rings (SSSR count). The molecule has 0 spiro atoms. The van der Waals surface area contributed by atoms with Gasteiger partial charge in [0, 0.05) is 45.1 Å². The second-order valence-corrected chi connectivity index (χ2v) is 8.63. The highest BCUT2D eigenvalue weighted by Crippen LogP contribution is 2.32. The molecule has 2 aromatic heterocycles. The number of nitrogens with zero attached hydrogens (tertiary/aromatic N) is 4. The number of hydrogen-bond donors (Lipinski definition) is 1. The van der Waals surface area contributed by atoms with Crippen molar-refractivity contribution in [1.29, 1.82) is 0 Å². The Bertz CT molecular complexity index is 958. The van der Waals surface area contributed by atoms with Crippen molar-refractivity contribution in [3.63, 3.8) is 0 Å². The molecule has 0 aromatic carbocycles. The summed E-state index contributed by atoms with van der Waals surface area (Å²) in [6, 6.07) is 2.00. The van der Waals surface area contributed by atoms with Crippen molar-refractivity contribution in [3.8, 4) is 0 Å². The third-order valence-corrected chi connectivity index (χ3v) is 6.56. The number of fused-ring (bicyclic) bond motifs is 2. The van der Waals surface area contributed by atoms with Gasteiger partial charge in [0.1, 0.15) is 0 Å². The molecule has 1 atom stereocenters. The van der Waals surface area contributed by atoms with E-state index >= 15 is 0 Å². The lowest BCUT2D eigenvalue weighted by atomic mass is 9.99. The monoisotopic (exact) mass is 383 g/mol. The van der Waals surface area contributed by atoms with Gasteiger partial charge < -0.3 is 4.90 Å². The number of likely N-dealkylation sites (tertiary alicyclic amines) is 1. The van der Waals surface area contributed by atoms with E-state index in [-0.39, 0.29) is 17.5 Å². The highest BCUT2D eigenvalue weighted by atomic mass is 16.2. The minimum atomic E-state index is 0.0192. The number of piperidine rings is 1. The number of nitrogens with one attached hydrogen (secondary N) is 1. The Morgan fingerprint density at radius 1 is 1.25 bits per heavy atom. The van der Waals surface area contributed by atoms with Crippen molar-refractivity contribution in [2.75, 3.05) is 19.6 Å². The van der Waals surface area contributed by atoms with Crippen LogP contribution in [0, 0.1) is 5.92 Å². The van der Waals surface area contributed by atoms with Gasteiger partial charge in [-0.3, -0.25) is 19.6 Å². The van der Waals surface area contributed by atoms with Gasteiger partial charge in [0.25, 0.3) is 5.56 Å². The molecule has 7 heteroatoms. The third kappa shape index (κ3) is 3.15. The maximum Gasteiger partial charge on any atom is 0.277 e. The van der Waals surface area contributed by atoms with E-state index in [9.17, 15) is 9.59 Å². The zero-order chi connectivity index (χ0) is 19.3. The summed E-state index contributed by atoms with van der Waals surface area (Å²) in [7, 11) is 0. The molecule has 2 fully saturated rings. The molecule has 0 bridgehead atoms. The summed E-state index contributed by atoms with van der Waals surface area (Å²) in [6.45, 7) is 5.51. The number of rotatable bonds is 4. The Morgan fingerprint density at radius 3 is 2.89 bits per heavy atom. The fraction of sp³-hybridized carbons (Fsp3) is 0.667. The van der Waals surface area contributed by atoms with Crippen LogP contribution < -0.4 is 5.56 Å². The Labute approximate surface area is 164 Å². The molecule has 1 N–H and O–H groups in total. The molecule has 1 unspecified atom stereocenters. The molecular weight excluding hydrogens is 354 g/mol. The van der Waals surface area contributed by atoms with Gasteiger partial charge >= 0.3 is 0 Å². The zero-order valence-electron chi connectivity index (χ0n) is 16.6. The summed E-state index contributed by atoms with van der Waals surface area (Å²) in [5.41, 5.74) is 3.43. The van der Waals surface area contributed by atoms with E-state index in [1.807, 2.05) is 17.9 Å². The Hall–Kier alpha value is -2.15. The van der Waals surface area contributed by atoms with Crippen LogP contribution in [0.5, 0.6) is 0 Å². The zero-order valence-corrected chi connectivity index (χ0v) is 16.6. The van der Waals surface area contributed by atoms with Crippen molar-refractivity contribution >= 4 is 11.6 Å². The molecule has 7 nitrogen and oxygen atoms in total. The summed E-state index contributed by atoms with van der Waals surface area (Å²) in [5, 5.41) is 3.29. The number of carbonyl (C=O) groups excluding carboxylic acids is 1. The quantitative estimate of drug-likeness (QED) is 0.879. The lowest BCUT2D eigenvalue weighted by Crippen LogP contribution is -2.38. The predicted molar refractivity (Wildman–Crippen MR) is 106 cm³/mol. The molecule has 4 heterocycles. The van der Waals surface area contributed by atoms with E-state index in [0.29, 0.717) is 18.6 Å². The summed E-state index contributed by atoms with van der Waals surface area (Å²) in [6.07, 6.45) is 7.09. The minimum absolute atomic E-state index is 0.0192. The first-order valence-electron chi connectivity index (χ1n) is 10.8. The van der Waals surface area contributed by atoms with E-state index in [2.05, 4.69) is 10.00 Å². The molecule has 0 radical (unpaired) electrons. The van der Waals surface area contributed by atoms with E-state index in [4.69, 9.17) is 4.98 Å². The van der Waals surface area contributed by atoms with Crippen LogP contribution in [-0.2, 0) is 17.8 Å². The lowest BCUT2D eigenvalue weighted by Gasteiger charge is -2.35. The van der Waals surface area contributed by atoms with Crippen LogP contribution in [0.3, 0.4) is 0 Å². The smallest absolute Gasteiger partial charge is 0.277 e. The highest BCUT2D eigenvalue weighted by Gasteiger charge is 2.31. The molecule has 1 aliphatic carbocycles. The highest BCUT2D eigenvalue weighted by molar-refractivity contribution is 5.76. The average Bonchev–Trinajstić information content (AvgIpc) is 3.43. The van der Waals surface area contributed by atoms with Gasteiger partial charge in [-0.1, -0.05) is 6.92 Å². The third-order valence-electron chi connectivity index (χ3n) is 6.56. The number of H-pyrrole nitrogens is 1. The molecule has 1 amide bonds. The molecule has 2 aliphatic heterocycles. The van der Waals surface area contributed by atoms with E-state index in [0.717, 1.165) is 68.2 Å². The van der Waals surface area contributed by atoms with Crippen LogP contribution in [-0.4, -0.2) is 49.9 Å². The van der Waals surface area contributed by atoms with Crippen molar-refractivity contribution in [1.82, 2.24) is 24.4 Å². The van der Waals surface area contributed by atoms with Crippen LogP contribution in [0.25, 0.3) is 5.65 Å². The Morgan fingerprint density at radius 2 is 2.11 bits per heavy atom. The summed E-state index contributed by atoms with van der Waals surface area (Å²) in [5.74, 6) is 1.00. The van der Waals surface area contributed by atoms with Crippen molar-refractivity contribution < 1.29 is 4.79 Å². The van der Waals surface area contributed by atoms with Gasteiger partial charge in [-0.05, 0) is 38.0 Å². The van der Waals surface area contributed by atoms with Crippen molar-refractivity contribution in [3.05, 3.63) is 33.4 Å². The van der Waals surface area contributed by atoms with Gasteiger partial charge in [0.15, 0.2) is 5.65 Å². The summed E-state index contributed by atoms with van der Waals surface area (Å²) in [4.78, 5) is 34.8. The van der Waals surface area contributed by atoms with Crippen LogP contribution in [0.1, 0.15) is 68.4 Å². The number of hydrogen-bond acceptors (Lipinski definition) is 4. The molecule has 1 saturated heterocycles. The van der Waals surface area contributed by atoms with Gasteiger partial charge in [0.2, 0.25) is 5.91 Å². The van der Waals surface area contributed by atoms with Gasteiger partial charge in [-0.25, -0.2) is 9.50 Å². The average molecular weight is 383 g/mol. The fourth-order valence-electron chi connectivity index (χ4n) is 4.80. The Kier molecular flexibility index (Phi) is 4.50. The van der Waals surface area contributed by atoms with Crippen molar-refractivity contribution in [2.24, 2.45) is 5.92 Å². The molecule has 1 saturated carbocycles. The predicted octanol–water partition coefficient (Wildman–Crippen LogP) is 2.25.